The van der Waals surface area contributed by atoms with Gasteiger partial charge in [0.25, 0.3) is 5.91 Å². The molecule has 0 bridgehead atoms. The van der Waals surface area contributed by atoms with Gasteiger partial charge in [-0.2, -0.15) is 0 Å². The largest absolute Gasteiger partial charge is 0.496 e. The lowest BCUT2D eigenvalue weighted by Crippen LogP contribution is -2.14. The van der Waals surface area contributed by atoms with Gasteiger partial charge in [-0.25, -0.2) is 4.98 Å². The zero-order chi connectivity index (χ0) is 21.3. The van der Waals surface area contributed by atoms with Crippen LogP contribution in [0.3, 0.4) is 0 Å². The van der Waals surface area contributed by atoms with Gasteiger partial charge in [0.05, 0.1) is 31.2 Å². The Morgan fingerprint density at radius 1 is 1.03 bits per heavy atom. The molecule has 2 aromatic heterocycles. The lowest BCUT2D eigenvalue weighted by Gasteiger charge is -2.13. The van der Waals surface area contributed by atoms with Crippen molar-refractivity contribution >= 4 is 28.8 Å². The number of methoxy groups -OCH3 is 2. The predicted molar refractivity (Wildman–Crippen MR) is 118 cm³/mol. The fourth-order valence-corrected chi connectivity index (χ4v) is 3.41. The van der Waals surface area contributed by atoms with Crippen molar-refractivity contribution < 1.29 is 14.3 Å². The lowest BCUT2D eigenvalue weighted by molar-refractivity contribution is 0.102. The molecule has 7 heteroatoms. The SMILES string of the molecule is COc1ccc(-c2cn3ccc(C)cc3n2)cc1NC(=O)c1cc(Cl)ccc1OC. The van der Waals surface area contributed by atoms with E-state index in [1.165, 1.54) is 7.11 Å². The molecular weight excluding hydrogens is 402 g/mol. The van der Waals surface area contributed by atoms with E-state index in [0.29, 0.717) is 27.8 Å². The molecule has 0 fully saturated rings. The first-order valence-corrected chi connectivity index (χ1v) is 9.65. The molecule has 30 heavy (non-hydrogen) atoms. The third-order valence-electron chi connectivity index (χ3n) is 4.77. The Hall–Kier alpha value is -3.51. The van der Waals surface area contributed by atoms with Crippen LogP contribution in [0.2, 0.25) is 5.02 Å². The van der Waals surface area contributed by atoms with Crippen LogP contribution in [0.1, 0.15) is 15.9 Å². The van der Waals surface area contributed by atoms with E-state index in [9.17, 15) is 4.79 Å². The zero-order valence-electron chi connectivity index (χ0n) is 16.8. The van der Waals surface area contributed by atoms with E-state index >= 15 is 0 Å². The maximum Gasteiger partial charge on any atom is 0.259 e. The van der Waals surface area contributed by atoms with E-state index in [-0.39, 0.29) is 5.91 Å². The number of anilines is 1. The van der Waals surface area contributed by atoms with Crippen molar-refractivity contribution in [1.29, 1.82) is 0 Å². The van der Waals surface area contributed by atoms with Gasteiger partial charge in [0.2, 0.25) is 0 Å². The van der Waals surface area contributed by atoms with E-state index < -0.39 is 0 Å². The van der Waals surface area contributed by atoms with Crippen LogP contribution in [-0.2, 0) is 0 Å². The number of halogens is 1. The van der Waals surface area contributed by atoms with Crippen molar-refractivity contribution in [2.24, 2.45) is 0 Å². The summed E-state index contributed by atoms with van der Waals surface area (Å²) in [5.74, 6) is 0.617. The molecule has 0 saturated carbocycles. The molecule has 0 unspecified atom stereocenters. The van der Waals surface area contributed by atoms with E-state index in [4.69, 9.17) is 21.1 Å². The van der Waals surface area contributed by atoms with Crippen molar-refractivity contribution in [3.63, 3.8) is 0 Å². The molecular formula is C23H20ClN3O3. The van der Waals surface area contributed by atoms with Gasteiger partial charge >= 0.3 is 0 Å². The van der Waals surface area contributed by atoms with Crippen molar-refractivity contribution in [3.05, 3.63) is 77.1 Å². The van der Waals surface area contributed by atoms with Crippen molar-refractivity contribution in [2.45, 2.75) is 6.92 Å². The maximum absolute atomic E-state index is 12.9. The highest BCUT2D eigenvalue weighted by atomic mass is 35.5. The molecule has 1 amide bonds. The quantitative estimate of drug-likeness (QED) is 0.479. The number of aryl methyl sites for hydroxylation is 1. The minimum absolute atomic E-state index is 0.334. The van der Waals surface area contributed by atoms with Gasteiger partial charge in [-0.3, -0.25) is 4.79 Å². The third kappa shape index (κ3) is 3.82. The number of carbonyl (C=O) groups excluding carboxylic acids is 1. The Kier molecular flexibility index (Phi) is 5.33. The van der Waals surface area contributed by atoms with Crippen LogP contribution in [0.15, 0.2) is 60.9 Å². The zero-order valence-corrected chi connectivity index (χ0v) is 17.5. The Labute approximate surface area is 179 Å². The van der Waals surface area contributed by atoms with Crippen LogP contribution in [0, 0.1) is 6.92 Å². The summed E-state index contributed by atoms with van der Waals surface area (Å²) in [6.07, 6.45) is 3.92. The number of nitrogens with one attached hydrogen (secondary N) is 1. The summed E-state index contributed by atoms with van der Waals surface area (Å²) in [6, 6.07) is 14.5. The van der Waals surface area contributed by atoms with E-state index in [1.807, 2.05) is 48.0 Å². The number of rotatable bonds is 5. The van der Waals surface area contributed by atoms with Crippen molar-refractivity contribution in [1.82, 2.24) is 9.38 Å². The second-order valence-corrected chi connectivity index (χ2v) is 7.25. The monoisotopic (exact) mass is 421 g/mol. The van der Waals surface area contributed by atoms with Gasteiger partial charge < -0.3 is 19.2 Å². The van der Waals surface area contributed by atoms with Crippen LogP contribution < -0.4 is 14.8 Å². The second kappa shape index (κ2) is 8.08. The van der Waals surface area contributed by atoms with Crippen LogP contribution in [0.25, 0.3) is 16.9 Å². The first-order chi connectivity index (χ1) is 14.5. The lowest BCUT2D eigenvalue weighted by atomic mass is 10.1. The number of carbonyl (C=O) groups is 1. The number of hydrogen-bond donors (Lipinski definition) is 1. The van der Waals surface area contributed by atoms with Gasteiger partial charge in [0.15, 0.2) is 0 Å². The minimum atomic E-state index is -0.351. The number of imidazole rings is 1. The van der Waals surface area contributed by atoms with Crippen LogP contribution >= 0.6 is 11.6 Å². The molecule has 0 aliphatic rings. The number of hydrogen-bond acceptors (Lipinski definition) is 4. The number of ether oxygens (including phenoxy) is 2. The molecule has 2 aromatic carbocycles. The molecule has 0 atom stereocenters. The van der Waals surface area contributed by atoms with Crippen LogP contribution in [-0.4, -0.2) is 29.5 Å². The number of aromatic nitrogens is 2. The number of amides is 1. The third-order valence-corrected chi connectivity index (χ3v) is 5.00. The Morgan fingerprint density at radius 2 is 1.80 bits per heavy atom. The van der Waals surface area contributed by atoms with Gasteiger partial charge in [0.1, 0.15) is 17.1 Å². The van der Waals surface area contributed by atoms with E-state index in [0.717, 1.165) is 22.5 Å². The summed E-state index contributed by atoms with van der Waals surface area (Å²) < 4.78 is 12.7. The summed E-state index contributed by atoms with van der Waals surface area (Å²) >= 11 is 6.06. The number of nitrogens with zero attached hydrogens (tertiary/aromatic N) is 2. The number of benzene rings is 2. The summed E-state index contributed by atoms with van der Waals surface area (Å²) in [7, 11) is 3.06. The standard InChI is InChI=1S/C23H20ClN3O3/c1-14-8-9-27-13-19(25-22(27)10-14)15-4-6-21(30-3)18(11-15)26-23(28)17-12-16(24)5-7-20(17)29-2/h4-13H,1-3H3,(H,26,28). The Morgan fingerprint density at radius 3 is 2.57 bits per heavy atom. The van der Waals surface area contributed by atoms with E-state index in [2.05, 4.69) is 10.3 Å². The summed E-state index contributed by atoms with van der Waals surface area (Å²) in [5.41, 5.74) is 4.49. The number of pyridine rings is 1. The van der Waals surface area contributed by atoms with Crippen molar-refractivity contribution in [3.8, 4) is 22.8 Å². The van der Waals surface area contributed by atoms with Crippen molar-refractivity contribution in [2.75, 3.05) is 19.5 Å². The Balaban J connectivity index is 1.71. The molecule has 1 N–H and O–H groups in total. The highest BCUT2D eigenvalue weighted by Crippen LogP contribution is 2.32. The molecule has 0 radical (unpaired) electrons. The molecule has 2 heterocycles. The molecule has 4 aromatic rings. The summed E-state index contributed by atoms with van der Waals surface area (Å²) in [5, 5.41) is 3.34. The predicted octanol–water partition coefficient (Wildman–Crippen LogP) is 5.23. The molecule has 4 rings (SSSR count). The topological polar surface area (TPSA) is 64.9 Å². The first kappa shape index (κ1) is 19.8. The average molecular weight is 422 g/mol. The minimum Gasteiger partial charge on any atom is -0.496 e. The molecule has 152 valence electrons. The summed E-state index contributed by atoms with van der Waals surface area (Å²) in [4.78, 5) is 17.6. The molecule has 0 aliphatic carbocycles. The van der Waals surface area contributed by atoms with Crippen LogP contribution in [0.4, 0.5) is 5.69 Å². The molecule has 0 spiro atoms. The Bertz CT molecular complexity index is 1250. The fourth-order valence-electron chi connectivity index (χ4n) is 3.24. The molecule has 0 aliphatic heterocycles. The summed E-state index contributed by atoms with van der Waals surface area (Å²) in [6.45, 7) is 2.03. The molecule has 0 saturated heterocycles. The second-order valence-electron chi connectivity index (χ2n) is 6.81. The van der Waals surface area contributed by atoms with Gasteiger partial charge in [-0.15, -0.1) is 0 Å². The van der Waals surface area contributed by atoms with Gasteiger partial charge in [0, 0.05) is 23.0 Å². The highest BCUT2D eigenvalue weighted by Gasteiger charge is 2.16. The van der Waals surface area contributed by atoms with Crippen LogP contribution in [0.5, 0.6) is 11.5 Å². The molecule has 6 nitrogen and oxygen atoms in total. The fraction of sp³-hybridized carbons (Fsp3) is 0.130. The van der Waals surface area contributed by atoms with E-state index in [1.54, 1.807) is 31.4 Å². The maximum atomic E-state index is 12.9. The average Bonchev–Trinajstić information content (AvgIpc) is 3.16. The smallest absolute Gasteiger partial charge is 0.259 e. The number of fused-ring (bicyclic) bond motifs is 1. The van der Waals surface area contributed by atoms with Gasteiger partial charge in [-0.05, 0) is 61.0 Å². The normalized spacial score (nSPS) is 10.8. The van der Waals surface area contributed by atoms with Gasteiger partial charge in [-0.1, -0.05) is 11.6 Å². The first-order valence-electron chi connectivity index (χ1n) is 9.27. The highest BCUT2D eigenvalue weighted by molar-refractivity contribution is 6.31.